The van der Waals surface area contributed by atoms with Gasteiger partial charge in [0.15, 0.2) is 0 Å². The number of rotatable bonds is 2. The Bertz CT molecular complexity index is 2110. The van der Waals surface area contributed by atoms with Gasteiger partial charge in [0, 0.05) is 27.3 Å². The minimum absolute atomic E-state index is 0.904. The highest BCUT2D eigenvalue weighted by Crippen LogP contribution is 2.38. The van der Waals surface area contributed by atoms with E-state index in [0.717, 1.165) is 57.2 Å². The zero-order chi connectivity index (χ0) is 26.1. The van der Waals surface area contributed by atoms with Gasteiger partial charge in [-0.3, -0.25) is 4.98 Å². The van der Waals surface area contributed by atoms with Crippen LogP contribution in [0, 0.1) is 13.8 Å². The molecule has 1 aliphatic carbocycles. The summed E-state index contributed by atoms with van der Waals surface area (Å²) < 4.78 is 6.10. The maximum Gasteiger partial charge on any atom is 0.135 e. The SMILES string of the molecule is Cc1cc(-c2cnc3c4ccccc4c4ccccc4c3n2)c(C)cc1-c1ccc2oc3c(c2c1)CCC=C3. The molecule has 0 spiro atoms. The molecule has 5 aromatic carbocycles. The van der Waals surface area contributed by atoms with Crippen molar-refractivity contribution in [1.29, 1.82) is 0 Å². The van der Waals surface area contributed by atoms with Crippen LogP contribution >= 0.6 is 0 Å². The molecule has 3 nitrogen and oxygen atoms in total. The molecule has 0 saturated carbocycles. The monoisotopic (exact) mass is 502 g/mol. The summed E-state index contributed by atoms with van der Waals surface area (Å²) in [6, 6.07) is 28.1. The smallest absolute Gasteiger partial charge is 0.135 e. The van der Waals surface area contributed by atoms with E-state index in [-0.39, 0.29) is 0 Å². The third-order valence-corrected chi connectivity index (χ3v) is 8.24. The van der Waals surface area contributed by atoms with Gasteiger partial charge in [-0.15, -0.1) is 0 Å². The first-order valence-electron chi connectivity index (χ1n) is 13.6. The number of benzene rings is 5. The first kappa shape index (κ1) is 22.2. The molecule has 0 aliphatic heterocycles. The normalized spacial score (nSPS) is 13.1. The minimum atomic E-state index is 0.904. The van der Waals surface area contributed by atoms with Crippen LogP contribution in [-0.4, -0.2) is 9.97 Å². The van der Waals surface area contributed by atoms with E-state index in [1.165, 1.54) is 44.0 Å². The van der Waals surface area contributed by atoms with E-state index in [1.54, 1.807) is 0 Å². The lowest BCUT2D eigenvalue weighted by Crippen LogP contribution is -1.95. The van der Waals surface area contributed by atoms with Gasteiger partial charge in [-0.05, 0) is 84.0 Å². The summed E-state index contributed by atoms with van der Waals surface area (Å²) in [5, 5.41) is 5.93. The molecular formula is C36H26N2O. The summed E-state index contributed by atoms with van der Waals surface area (Å²) in [4.78, 5) is 10.2. The van der Waals surface area contributed by atoms with Crippen molar-refractivity contribution in [3.8, 4) is 22.4 Å². The van der Waals surface area contributed by atoms with Crippen molar-refractivity contribution >= 4 is 49.6 Å². The van der Waals surface area contributed by atoms with Gasteiger partial charge in [-0.1, -0.05) is 66.7 Å². The first-order valence-corrected chi connectivity index (χ1v) is 13.6. The average Bonchev–Trinajstić information content (AvgIpc) is 3.36. The molecule has 3 heteroatoms. The van der Waals surface area contributed by atoms with Crippen molar-refractivity contribution < 1.29 is 4.42 Å². The van der Waals surface area contributed by atoms with Crippen molar-refractivity contribution in [2.24, 2.45) is 0 Å². The van der Waals surface area contributed by atoms with Crippen molar-refractivity contribution in [2.75, 3.05) is 0 Å². The van der Waals surface area contributed by atoms with Crippen LogP contribution in [-0.2, 0) is 6.42 Å². The Labute approximate surface area is 226 Å². The maximum absolute atomic E-state index is 6.10. The number of aryl methyl sites for hydroxylation is 3. The fraction of sp³-hybridized carbons (Fsp3) is 0.111. The van der Waals surface area contributed by atoms with Gasteiger partial charge in [-0.2, -0.15) is 0 Å². The lowest BCUT2D eigenvalue weighted by atomic mass is 9.92. The molecule has 0 amide bonds. The van der Waals surface area contributed by atoms with E-state index in [9.17, 15) is 0 Å². The number of furan rings is 1. The number of hydrogen-bond acceptors (Lipinski definition) is 3. The van der Waals surface area contributed by atoms with Crippen LogP contribution in [0.1, 0.15) is 28.9 Å². The van der Waals surface area contributed by atoms with Gasteiger partial charge in [0.2, 0.25) is 0 Å². The molecule has 186 valence electrons. The van der Waals surface area contributed by atoms with E-state index < -0.39 is 0 Å². The van der Waals surface area contributed by atoms with Crippen LogP contribution in [0.2, 0.25) is 0 Å². The Morgan fingerprint density at radius 3 is 2.18 bits per heavy atom. The van der Waals surface area contributed by atoms with Gasteiger partial charge < -0.3 is 4.42 Å². The van der Waals surface area contributed by atoms with Gasteiger partial charge in [-0.25, -0.2) is 4.98 Å². The molecule has 39 heavy (non-hydrogen) atoms. The van der Waals surface area contributed by atoms with Crippen LogP contribution in [0.15, 0.2) is 95.6 Å². The first-order chi connectivity index (χ1) is 19.2. The van der Waals surface area contributed by atoms with E-state index in [1.807, 2.05) is 6.20 Å². The largest absolute Gasteiger partial charge is 0.456 e. The molecule has 0 saturated heterocycles. The molecule has 0 radical (unpaired) electrons. The highest BCUT2D eigenvalue weighted by atomic mass is 16.3. The molecular weight excluding hydrogens is 476 g/mol. The molecule has 7 aromatic rings. The predicted molar refractivity (Wildman–Crippen MR) is 162 cm³/mol. The molecule has 2 aromatic heterocycles. The average molecular weight is 503 g/mol. The van der Waals surface area contributed by atoms with Crippen LogP contribution < -0.4 is 0 Å². The number of hydrogen-bond donors (Lipinski definition) is 0. The summed E-state index contributed by atoms with van der Waals surface area (Å²) in [6.07, 6.45) is 8.33. The van der Waals surface area contributed by atoms with Crippen molar-refractivity contribution in [3.05, 3.63) is 114 Å². The van der Waals surface area contributed by atoms with Crippen LogP contribution in [0.25, 0.3) is 72.0 Å². The Hall–Kier alpha value is -4.76. The predicted octanol–water partition coefficient (Wildman–Crippen LogP) is 9.59. The van der Waals surface area contributed by atoms with Crippen LogP contribution in [0.3, 0.4) is 0 Å². The summed E-state index contributed by atoms with van der Waals surface area (Å²) in [7, 11) is 0. The molecule has 1 aliphatic rings. The van der Waals surface area contributed by atoms with Gasteiger partial charge in [0.05, 0.1) is 22.9 Å². The van der Waals surface area contributed by atoms with Gasteiger partial charge in [0.1, 0.15) is 11.3 Å². The van der Waals surface area contributed by atoms with E-state index in [0.29, 0.717) is 0 Å². The quantitative estimate of drug-likeness (QED) is 0.221. The van der Waals surface area contributed by atoms with E-state index >= 15 is 0 Å². The fourth-order valence-corrected chi connectivity index (χ4v) is 6.30. The molecule has 8 rings (SSSR count). The molecule has 0 unspecified atom stereocenters. The lowest BCUT2D eigenvalue weighted by molar-refractivity contribution is 0.595. The van der Waals surface area contributed by atoms with Crippen molar-refractivity contribution in [2.45, 2.75) is 26.7 Å². The van der Waals surface area contributed by atoms with Crippen molar-refractivity contribution in [3.63, 3.8) is 0 Å². The molecule has 2 heterocycles. The second kappa shape index (κ2) is 8.37. The topological polar surface area (TPSA) is 38.9 Å². The number of allylic oxidation sites excluding steroid dienone is 1. The number of nitrogens with zero attached hydrogens (tertiary/aromatic N) is 2. The minimum Gasteiger partial charge on any atom is -0.456 e. The summed E-state index contributed by atoms with van der Waals surface area (Å²) in [6.45, 7) is 4.36. The Morgan fingerprint density at radius 1 is 0.692 bits per heavy atom. The van der Waals surface area contributed by atoms with E-state index in [2.05, 4.69) is 105 Å². The second-order valence-corrected chi connectivity index (χ2v) is 10.6. The highest BCUT2D eigenvalue weighted by Gasteiger charge is 2.17. The standard InChI is InChI=1S/C36H26N2O/c1-21-18-30(22(2)17-29(21)23-15-16-34-31(19-23)26-11-7-8-14-33(26)39-34)32-20-37-35-27-12-5-3-9-24(27)25-10-4-6-13-28(25)36(35)38-32/h3-6,8-10,12-20H,7,11H2,1-2H3. The molecule has 0 fully saturated rings. The highest BCUT2D eigenvalue weighted by molar-refractivity contribution is 6.23. The van der Waals surface area contributed by atoms with Gasteiger partial charge in [0.25, 0.3) is 0 Å². The Kier molecular flexibility index (Phi) is 4.78. The summed E-state index contributed by atoms with van der Waals surface area (Å²) in [5.74, 6) is 1.01. The molecule has 0 N–H and O–H groups in total. The second-order valence-electron chi connectivity index (χ2n) is 10.6. The lowest BCUT2D eigenvalue weighted by Gasteiger charge is -2.14. The van der Waals surface area contributed by atoms with Crippen LogP contribution in [0.5, 0.6) is 0 Å². The summed E-state index contributed by atoms with van der Waals surface area (Å²) in [5.41, 5.74) is 11.1. The number of fused-ring (bicyclic) bond motifs is 9. The molecule has 0 bridgehead atoms. The molecule has 0 atom stereocenters. The van der Waals surface area contributed by atoms with Gasteiger partial charge >= 0.3 is 0 Å². The zero-order valence-electron chi connectivity index (χ0n) is 22.0. The maximum atomic E-state index is 6.10. The van der Waals surface area contributed by atoms with Crippen molar-refractivity contribution in [1.82, 2.24) is 9.97 Å². The Balaban J connectivity index is 1.29. The fourth-order valence-electron chi connectivity index (χ4n) is 6.30. The summed E-state index contributed by atoms with van der Waals surface area (Å²) >= 11 is 0. The van der Waals surface area contributed by atoms with E-state index in [4.69, 9.17) is 14.4 Å². The third-order valence-electron chi connectivity index (χ3n) is 8.24. The zero-order valence-corrected chi connectivity index (χ0v) is 22.0. The van der Waals surface area contributed by atoms with Crippen LogP contribution in [0.4, 0.5) is 0 Å². The number of aromatic nitrogens is 2. The Morgan fingerprint density at radius 2 is 1.38 bits per heavy atom. The third kappa shape index (κ3) is 3.36.